The fourth-order valence-corrected chi connectivity index (χ4v) is 5.38. The molecule has 0 aliphatic heterocycles. The second kappa shape index (κ2) is 13.8. The van der Waals surface area contributed by atoms with E-state index in [1.807, 2.05) is 58.9 Å². The van der Waals surface area contributed by atoms with Gasteiger partial charge in [-0.25, -0.2) is 8.42 Å². The van der Waals surface area contributed by atoms with Gasteiger partial charge in [-0.1, -0.05) is 61.3 Å². The van der Waals surface area contributed by atoms with Crippen LogP contribution < -0.4 is 9.62 Å². The second-order valence-corrected chi connectivity index (χ2v) is 12.0. The number of halogens is 1. The van der Waals surface area contributed by atoms with Crippen LogP contribution in [0.3, 0.4) is 0 Å². The summed E-state index contributed by atoms with van der Waals surface area (Å²) in [6.45, 7) is 10.1. The number of carbonyl (C=O) groups is 2. The summed E-state index contributed by atoms with van der Waals surface area (Å²) in [5, 5.41) is 3.45. The van der Waals surface area contributed by atoms with Gasteiger partial charge in [-0.05, 0) is 63.3 Å². The van der Waals surface area contributed by atoms with Gasteiger partial charge in [0.15, 0.2) is 0 Å². The number of aryl methyl sites for hydroxylation is 2. The monoisotopic (exact) mass is 549 g/mol. The first-order valence-electron chi connectivity index (χ1n) is 12.8. The van der Waals surface area contributed by atoms with Crippen LogP contribution in [-0.2, 0) is 26.2 Å². The SMILES string of the molecule is CC[C@@H](C)NC(=O)[C@H](CC)N(Cc1cccc(C)c1)C(=O)CCCN(c1cc(Cl)ccc1C)S(C)(=O)=O. The number of benzene rings is 2. The predicted octanol–water partition coefficient (Wildman–Crippen LogP) is 5.23. The number of nitrogens with zero attached hydrogens (tertiary/aromatic N) is 2. The van der Waals surface area contributed by atoms with Crippen LogP contribution in [-0.4, -0.2) is 50.0 Å². The third-order valence-corrected chi connectivity index (χ3v) is 7.83. The van der Waals surface area contributed by atoms with Gasteiger partial charge in [0.05, 0.1) is 11.9 Å². The van der Waals surface area contributed by atoms with Crippen LogP contribution >= 0.6 is 11.6 Å². The number of nitrogens with one attached hydrogen (secondary N) is 1. The number of rotatable bonds is 13. The van der Waals surface area contributed by atoms with E-state index in [4.69, 9.17) is 11.6 Å². The lowest BCUT2D eigenvalue weighted by molar-refractivity contribution is -0.141. The zero-order valence-corrected chi connectivity index (χ0v) is 24.3. The van der Waals surface area contributed by atoms with Gasteiger partial charge in [0, 0.05) is 30.6 Å². The summed E-state index contributed by atoms with van der Waals surface area (Å²) in [5.41, 5.74) is 3.28. The molecule has 1 N–H and O–H groups in total. The molecule has 0 aliphatic rings. The van der Waals surface area contributed by atoms with Gasteiger partial charge < -0.3 is 10.2 Å². The van der Waals surface area contributed by atoms with Crippen molar-refractivity contribution in [2.24, 2.45) is 0 Å². The highest BCUT2D eigenvalue weighted by Crippen LogP contribution is 2.27. The third-order valence-electron chi connectivity index (χ3n) is 6.41. The summed E-state index contributed by atoms with van der Waals surface area (Å²) >= 11 is 6.13. The largest absolute Gasteiger partial charge is 0.352 e. The first-order chi connectivity index (χ1) is 17.4. The van der Waals surface area contributed by atoms with Crippen molar-refractivity contribution in [3.63, 3.8) is 0 Å². The van der Waals surface area contributed by atoms with Crippen molar-refractivity contribution in [2.45, 2.75) is 78.9 Å². The molecule has 2 aromatic rings. The molecule has 0 fully saturated rings. The van der Waals surface area contributed by atoms with E-state index in [-0.39, 0.29) is 30.8 Å². The van der Waals surface area contributed by atoms with Crippen molar-refractivity contribution < 1.29 is 18.0 Å². The van der Waals surface area contributed by atoms with Gasteiger partial charge in [-0.2, -0.15) is 0 Å². The quantitative estimate of drug-likeness (QED) is 0.371. The summed E-state index contributed by atoms with van der Waals surface area (Å²) in [7, 11) is -3.59. The zero-order valence-electron chi connectivity index (χ0n) is 22.8. The van der Waals surface area contributed by atoms with E-state index in [9.17, 15) is 18.0 Å². The van der Waals surface area contributed by atoms with Gasteiger partial charge in [0.2, 0.25) is 21.8 Å². The van der Waals surface area contributed by atoms with E-state index in [0.29, 0.717) is 30.1 Å². The van der Waals surface area contributed by atoms with Gasteiger partial charge >= 0.3 is 0 Å². The minimum Gasteiger partial charge on any atom is -0.352 e. The summed E-state index contributed by atoms with van der Waals surface area (Å²) in [6, 6.07) is 12.4. The Balaban J connectivity index is 2.26. The Hall–Kier alpha value is -2.58. The van der Waals surface area contributed by atoms with E-state index in [1.165, 1.54) is 4.31 Å². The normalized spacial score (nSPS) is 13.1. The van der Waals surface area contributed by atoms with Crippen molar-refractivity contribution in [2.75, 3.05) is 17.1 Å². The Labute approximate surface area is 227 Å². The highest BCUT2D eigenvalue weighted by Gasteiger charge is 2.29. The Morgan fingerprint density at radius 1 is 1.05 bits per heavy atom. The molecule has 2 rings (SSSR count). The fraction of sp³-hybridized carbons (Fsp3) is 0.500. The molecule has 2 atom stereocenters. The average molecular weight is 550 g/mol. The lowest BCUT2D eigenvalue weighted by Gasteiger charge is -2.32. The number of sulfonamides is 1. The van der Waals surface area contributed by atoms with E-state index < -0.39 is 16.1 Å². The highest BCUT2D eigenvalue weighted by atomic mass is 35.5. The molecule has 0 spiro atoms. The highest BCUT2D eigenvalue weighted by molar-refractivity contribution is 7.92. The summed E-state index contributed by atoms with van der Waals surface area (Å²) in [6.07, 6.45) is 2.80. The number of anilines is 1. The Morgan fingerprint density at radius 2 is 1.76 bits per heavy atom. The fourth-order valence-electron chi connectivity index (χ4n) is 4.20. The van der Waals surface area contributed by atoms with Crippen LogP contribution in [0.4, 0.5) is 5.69 Å². The van der Waals surface area contributed by atoms with Crippen molar-refractivity contribution in [3.05, 3.63) is 64.2 Å². The maximum absolute atomic E-state index is 13.5. The molecule has 204 valence electrons. The molecule has 0 radical (unpaired) electrons. The molecule has 9 heteroatoms. The van der Waals surface area contributed by atoms with E-state index in [0.717, 1.165) is 29.4 Å². The van der Waals surface area contributed by atoms with Crippen LogP contribution in [0.2, 0.25) is 5.02 Å². The molecule has 0 heterocycles. The van der Waals surface area contributed by atoms with Crippen LogP contribution in [0.5, 0.6) is 0 Å². The van der Waals surface area contributed by atoms with Crippen LogP contribution in [0.1, 0.15) is 63.1 Å². The maximum Gasteiger partial charge on any atom is 0.243 e. The molecule has 37 heavy (non-hydrogen) atoms. The number of amides is 2. The van der Waals surface area contributed by atoms with Gasteiger partial charge in [-0.3, -0.25) is 13.9 Å². The zero-order chi connectivity index (χ0) is 27.8. The van der Waals surface area contributed by atoms with Crippen LogP contribution in [0.15, 0.2) is 42.5 Å². The van der Waals surface area contributed by atoms with Crippen molar-refractivity contribution >= 4 is 39.1 Å². The third kappa shape index (κ3) is 9.04. The van der Waals surface area contributed by atoms with Crippen molar-refractivity contribution in [3.8, 4) is 0 Å². The van der Waals surface area contributed by atoms with Crippen molar-refractivity contribution in [1.82, 2.24) is 10.2 Å². The molecule has 0 saturated carbocycles. The number of hydrogen-bond donors (Lipinski definition) is 1. The molecular formula is C28H40ClN3O4S. The van der Waals surface area contributed by atoms with Crippen LogP contribution in [0, 0.1) is 13.8 Å². The van der Waals surface area contributed by atoms with E-state index in [2.05, 4.69) is 5.32 Å². The minimum absolute atomic E-state index is 0.00160. The molecule has 0 saturated heterocycles. The number of carbonyl (C=O) groups excluding carboxylic acids is 2. The summed E-state index contributed by atoms with van der Waals surface area (Å²) in [5.74, 6) is -0.367. The first-order valence-corrected chi connectivity index (χ1v) is 15.0. The predicted molar refractivity (Wildman–Crippen MR) is 151 cm³/mol. The number of hydrogen-bond acceptors (Lipinski definition) is 4. The maximum atomic E-state index is 13.5. The second-order valence-electron chi connectivity index (χ2n) is 9.62. The summed E-state index contributed by atoms with van der Waals surface area (Å²) < 4.78 is 26.5. The average Bonchev–Trinajstić information content (AvgIpc) is 2.82. The van der Waals surface area contributed by atoms with Gasteiger partial charge in [0.25, 0.3) is 0 Å². The van der Waals surface area contributed by atoms with Crippen molar-refractivity contribution in [1.29, 1.82) is 0 Å². The van der Waals surface area contributed by atoms with E-state index >= 15 is 0 Å². The Bertz CT molecular complexity index is 1190. The van der Waals surface area contributed by atoms with Gasteiger partial charge in [0.1, 0.15) is 6.04 Å². The first kappa shape index (κ1) is 30.6. The van der Waals surface area contributed by atoms with E-state index in [1.54, 1.807) is 23.1 Å². The van der Waals surface area contributed by atoms with Gasteiger partial charge in [-0.15, -0.1) is 0 Å². The molecule has 0 aliphatic carbocycles. The summed E-state index contributed by atoms with van der Waals surface area (Å²) in [4.78, 5) is 28.3. The molecular weight excluding hydrogens is 510 g/mol. The lowest BCUT2D eigenvalue weighted by Crippen LogP contribution is -2.50. The topological polar surface area (TPSA) is 86.8 Å². The van der Waals surface area contributed by atoms with Crippen LogP contribution in [0.25, 0.3) is 0 Å². The lowest BCUT2D eigenvalue weighted by atomic mass is 10.1. The minimum atomic E-state index is -3.59. The standard InChI is InChI=1S/C28H40ClN3O4S/c1-7-22(5)30-28(34)25(8-2)31(19-23-12-9-11-20(3)17-23)27(33)13-10-16-32(37(6,35)36)26-18-24(29)15-14-21(26)4/h9,11-12,14-15,17-18,22,25H,7-8,10,13,16,19H2,1-6H3,(H,30,34)/t22-,25+/m1/s1. The smallest absolute Gasteiger partial charge is 0.243 e. The Morgan fingerprint density at radius 3 is 2.35 bits per heavy atom. The molecule has 0 aromatic heterocycles. The molecule has 2 aromatic carbocycles. The molecule has 2 amide bonds. The molecule has 0 bridgehead atoms. The molecule has 7 nitrogen and oxygen atoms in total. The Kier molecular flexibility index (Phi) is 11.4. The molecule has 0 unspecified atom stereocenters.